The molecule has 7 heteroatoms. The van der Waals surface area contributed by atoms with Crippen molar-refractivity contribution in [3.63, 3.8) is 0 Å². The number of nitrogens with one attached hydrogen (secondary N) is 1. The second-order valence-corrected chi connectivity index (χ2v) is 10.3. The average Bonchev–Trinajstić information content (AvgIpc) is 2.87. The zero-order chi connectivity index (χ0) is 26.4. The maximum atomic E-state index is 13.2. The number of carbonyl (C=O) groups excluding carboxylic acids is 1. The molecule has 3 aromatic rings. The molecule has 1 heterocycles. The van der Waals surface area contributed by atoms with E-state index in [1.807, 2.05) is 53.4 Å². The molecule has 1 aliphatic heterocycles. The fourth-order valence-electron chi connectivity index (χ4n) is 4.86. The zero-order valence-corrected chi connectivity index (χ0v) is 21.8. The van der Waals surface area contributed by atoms with Gasteiger partial charge >= 0.3 is 5.97 Å². The Morgan fingerprint density at radius 1 is 1.05 bits per heavy atom. The van der Waals surface area contributed by atoms with Gasteiger partial charge in [-0.1, -0.05) is 67.4 Å². The number of hydrogen-bond donors (Lipinski definition) is 3. The Morgan fingerprint density at radius 2 is 1.76 bits per heavy atom. The Morgan fingerprint density at radius 3 is 2.43 bits per heavy atom. The molecule has 4 rings (SSSR count). The molecule has 0 saturated carbocycles. The van der Waals surface area contributed by atoms with Crippen LogP contribution in [-0.4, -0.2) is 41.0 Å². The van der Waals surface area contributed by atoms with Crippen LogP contribution in [0, 0.1) is 0 Å². The lowest BCUT2D eigenvalue weighted by atomic mass is 9.89. The number of carboxylic acids is 1. The van der Waals surface area contributed by atoms with E-state index in [4.69, 9.17) is 22.4 Å². The van der Waals surface area contributed by atoms with E-state index < -0.39 is 5.97 Å². The first-order valence-corrected chi connectivity index (χ1v) is 13.2. The summed E-state index contributed by atoms with van der Waals surface area (Å²) < 4.78 is 0. The van der Waals surface area contributed by atoms with Crippen LogP contribution in [0.4, 0.5) is 11.4 Å². The second-order valence-electron chi connectivity index (χ2n) is 9.85. The molecule has 4 N–H and O–H groups in total. The lowest BCUT2D eigenvalue weighted by molar-refractivity contribution is -0.137. The number of likely N-dealkylation sites (tertiary alicyclic amines) is 1. The fourth-order valence-corrected chi connectivity index (χ4v) is 4.99. The normalized spacial score (nSPS) is 15.0. The third kappa shape index (κ3) is 6.83. The first-order valence-electron chi connectivity index (χ1n) is 12.8. The molecule has 0 spiro atoms. The van der Waals surface area contributed by atoms with Crippen molar-refractivity contribution in [1.29, 1.82) is 0 Å². The number of anilines is 2. The maximum absolute atomic E-state index is 13.2. The molecule has 1 amide bonds. The van der Waals surface area contributed by atoms with Crippen LogP contribution in [0.15, 0.2) is 72.8 Å². The van der Waals surface area contributed by atoms with E-state index in [1.165, 1.54) is 11.1 Å². The minimum atomic E-state index is -0.777. The highest BCUT2D eigenvalue weighted by molar-refractivity contribution is 6.30. The number of aliphatic carboxylic acids is 1. The Bertz CT molecular complexity index is 1210. The van der Waals surface area contributed by atoms with Crippen LogP contribution in [0.3, 0.4) is 0 Å². The van der Waals surface area contributed by atoms with Gasteiger partial charge in [0.05, 0.1) is 11.4 Å². The molecule has 0 aromatic heterocycles. The van der Waals surface area contributed by atoms with Crippen LogP contribution < -0.4 is 11.1 Å². The zero-order valence-electron chi connectivity index (χ0n) is 21.1. The quantitative estimate of drug-likeness (QED) is 0.201. The molecular weight excluding hydrogens is 486 g/mol. The summed E-state index contributed by atoms with van der Waals surface area (Å²) in [5.74, 6) is -0.308. The molecule has 194 valence electrons. The predicted molar refractivity (Wildman–Crippen MR) is 149 cm³/mol. The van der Waals surface area contributed by atoms with Crippen LogP contribution >= 0.6 is 11.6 Å². The van der Waals surface area contributed by atoms with Gasteiger partial charge in [0, 0.05) is 48.0 Å². The van der Waals surface area contributed by atoms with Crippen molar-refractivity contribution in [2.75, 3.05) is 24.1 Å². The van der Waals surface area contributed by atoms with Gasteiger partial charge < -0.3 is 21.1 Å². The molecule has 0 bridgehead atoms. The molecule has 0 radical (unpaired) electrons. The van der Waals surface area contributed by atoms with Crippen molar-refractivity contribution in [2.45, 2.75) is 50.5 Å². The van der Waals surface area contributed by atoms with Gasteiger partial charge in [-0.25, -0.2) is 0 Å². The number of unbranched alkanes of at least 4 members (excludes halogenated alkanes) is 1. The van der Waals surface area contributed by atoms with Crippen molar-refractivity contribution in [3.05, 3.63) is 94.5 Å². The molecule has 6 nitrogen and oxygen atoms in total. The third-order valence-corrected chi connectivity index (χ3v) is 7.49. The van der Waals surface area contributed by atoms with E-state index in [0.717, 1.165) is 18.5 Å². The van der Waals surface area contributed by atoms with E-state index in [0.29, 0.717) is 41.7 Å². The van der Waals surface area contributed by atoms with E-state index in [9.17, 15) is 9.59 Å². The summed E-state index contributed by atoms with van der Waals surface area (Å²) in [5.41, 5.74) is 10.6. The SMILES string of the molecule is C[C@H](c1ccccc1)C(CCCCC(=O)O)Nc1cc(C(=O)N2CC(c3ccc(Cl)cc3)C2)ccc1N. The van der Waals surface area contributed by atoms with Crippen LogP contribution in [-0.2, 0) is 4.79 Å². The van der Waals surface area contributed by atoms with E-state index in [-0.39, 0.29) is 24.3 Å². The Hall–Kier alpha value is -3.51. The van der Waals surface area contributed by atoms with Gasteiger partial charge in [0.1, 0.15) is 0 Å². The lowest BCUT2D eigenvalue weighted by Gasteiger charge is -2.39. The minimum absolute atomic E-state index is 0.0117. The van der Waals surface area contributed by atoms with E-state index in [2.05, 4.69) is 24.4 Å². The standard InChI is InChI=1S/C30H34ClN3O3/c1-20(21-7-3-2-4-8-21)27(9-5-6-10-29(35)36)33-28-17-23(13-16-26(28)32)30(37)34-18-24(19-34)22-11-14-25(31)15-12-22/h2-4,7-8,11-17,20,24,27,33H,5-6,9-10,18-19,32H2,1H3,(H,35,36)/t20-,27?/m1/s1. The summed E-state index contributed by atoms with van der Waals surface area (Å²) in [4.78, 5) is 26.0. The number of carbonyl (C=O) groups is 2. The molecule has 2 atom stereocenters. The molecular formula is C30H34ClN3O3. The molecule has 1 fully saturated rings. The number of nitrogens with two attached hydrogens (primary N) is 1. The van der Waals surface area contributed by atoms with Crippen LogP contribution in [0.2, 0.25) is 5.02 Å². The van der Waals surface area contributed by atoms with Crippen LogP contribution in [0.25, 0.3) is 0 Å². The largest absolute Gasteiger partial charge is 0.481 e. The number of benzene rings is 3. The second kappa shape index (κ2) is 12.2. The van der Waals surface area contributed by atoms with Crippen molar-refractivity contribution in [3.8, 4) is 0 Å². The topological polar surface area (TPSA) is 95.7 Å². The lowest BCUT2D eigenvalue weighted by Crippen LogP contribution is -2.48. The molecule has 3 aromatic carbocycles. The number of hydrogen-bond acceptors (Lipinski definition) is 4. The molecule has 1 aliphatic rings. The number of halogens is 1. The highest BCUT2D eigenvalue weighted by atomic mass is 35.5. The third-order valence-electron chi connectivity index (χ3n) is 7.24. The number of amides is 1. The van der Waals surface area contributed by atoms with E-state index in [1.54, 1.807) is 12.1 Å². The predicted octanol–water partition coefficient (Wildman–Crippen LogP) is 6.39. The summed E-state index contributed by atoms with van der Waals surface area (Å²) >= 11 is 6.00. The summed E-state index contributed by atoms with van der Waals surface area (Å²) in [6.07, 6.45) is 2.34. The smallest absolute Gasteiger partial charge is 0.303 e. The summed E-state index contributed by atoms with van der Waals surface area (Å²) in [6, 6.07) is 23.5. The fraction of sp³-hybridized carbons (Fsp3) is 0.333. The van der Waals surface area contributed by atoms with Crippen molar-refractivity contribution >= 4 is 34.9 Å². The van der Waals surface area contributed by atoms with Crippen LogP contribution in [0.5, 0.6) is 0 Å². The summed E-state index contributed by atoms with van der Waals surface area (Å²) in [7, 11) is 0. The van der Waals surface area contributed by atoms with Gasteiger partial charge in [-0.3, -0.25) is 9.59 Å². The van der Waals surface area contributed by atoms with Crippen molar-refractivity contribution in [1.82, 2.24) is 4.90 Å². The first kappa shape index (κ1) is 26.6. The van der Waals surface area contributed by atoms with Gasteiger partial charge in [0.2, 0.25) is 0 Å². The van der Waals surface area contributed by atoms with Gasteiger partial charge in [-0.2, -0.15) is 0 Å². The Labute approximate surface area is 223 Å². The molecule has 37 heavy (non-hydrogen) atoms. The van der Waals surface area contributed by atoms with Gasteiger partial charge in [-0.15, -0.1) is 0 Å². The summed E-state index contributed by atoms with van der Waals surface area (Å²) in [5, 5.41) is 13.3. The van der Waals surface area contributed by atoms with Gasteiger partial charge in [0.15, 0.2) is 0 Å². The molecule has 1 saturated heterocycles. The number of nitrogens with zero attached hydrogens (tertiary/aromatic N) is 1. The number of carboxylic acid groups (broad SMARTS) is 1. The molecule has 0 aliphatic carbocycles. The van der Waals surface area contributed by atoms with Crippen molar-refractivity contribution in [2.24, 2.45) is 0 Å². The highest BCUT2D eigenvalue weighted by Crippen LogP contribution is 2.32. The first-order chi connectivity index (χ1) is 17.8. The van der Waals surface area contributed by atoms with Gasteiger partial charge in [-0.05, 0) is 54.3 Å². The van der Waals surface area contributed by atoms with Crippen LogP contribution in [0.1, 0.15) is 65.9 Å². The highest BCUT2D eigenvalue weighted by Gasteiger charge is 2.32. The maximum Gasteiger partial charge on any atom is 0.303 e. The Balaban J connectivity index is 1.45. The average molecular weight is 520 g/mol. The monoisotopic (exact) mass is 519 g/mol. The summed E-state index contributed by atoms with van der Waals surface area (Å²) in [6.45, 7) is 3.50. The molecule has 1 unspecified atom stereocenters. The minimum Gasteiger partial charge on any atom is -0.481 e. The Kier molecular flexibility index (Phi) is 8.72. The van der Waals surface area contributed by atoms with E-state index >= 15 is 0 Å². The van der Waals surface area contributed by atoms with Crippen molar-refractivity contribution < 1.29 is 14.7 Å². The van der Waals surface area contributed by atoms with Gasteiger partial charge in [0.25, 0.3) is 5.91 Å². The number of nitrogen functional groups attached to an aromatic ring is 1. The number of rotatable bonds is 11.